The number of rotatable bonds is 12. The first kappa shape index (κ1) is 32.7. The van der Waals surface area contributed by atoms with Gasteiger partial charge in [0.2, 0.25) is 5.91 Å². The van der Waals surface area contributed by atoms with E-state index in [-0.39, 0.29) is 54.8 Å². The van der Waals surface area contributed by atoms with Gasteiger partial charge in [-0.05, 0) is 67.5 Å². The van der Waals surface area contributed by atoms with Crippen LogP contribution in [-0.4, -0.2) is 49.9 Å². The summed E-state index contributed by atoms with van der Waals surface area (Å²) in [5.41, 5.74) is 12.8. The number of carbonyl (C=O) groups excluding carboxylic acids is 1. The maximum Gasteiger partial charge on any atom is 0.303 e. The summed E-state index contributed by atoms with van der Waals surface area (Å²) < 4.78 is 0. The fraction of sp³-hybridized carbons (Fsp3) is 0.485. The summed E-state index contributed by atoms with van der Waals surface area (Å²) in [5, 5.41) is 38.8. The van der Waals surface area contributed by atoms with Crippen molar-refractivity contribution >= 4 is 23.9 Å². The zero-order valence-electron chi connectivity index (χ0n) is 26.1. The summed E-state index contributed by atoms with van der Waals surface area (Å²) in [6.45, 7) is 13.6. The number of H-pyrrole nitrogens is 1. The van der Waals surface area contributed by atoms with Crippen LogP contribution in [0.1, 0.15) is 75.9 Å². The predicted octanol–water partition coefficient (Wildman–Crippen LogP) is 3.90. The maximum absolute atomic E-state index is 12.5. The zero-order valence-corrected chi connectivity index (χ0v) is 26.1. The molecule has 4 heterocycles. The molecule has 44 heavy (non-hydrogen) atoms. The van der Waals surface area contributed by atoms with Crippen LogP contribution in [0.2, 0.25) is 0 Å². The molecule has 0 spiro atoms. The maximum atomic E-state index is 12.5. The Hall–Kier alpha value is -4.25. The van der Waals surface area contributed by atoms with E-state index in [1.807, 2.05) is 46.8 Å². The minimum Gasteiger partial charge on any atom is -0.495 e. The van der Waals surface area contributed by atoms with Crippen LogP contribution in [0.15, 0.2) is 52.7 Å². The molecule has 11 heteroatoms. The highest BCUT2D eigenvalue weighted by Crippen LogP contribution is 2.38. The van der Waals surface area contributed by atoms with Crippen LogP contribution in [0.25, 0.3) is 6.08 Å². The fourth-order valence-electron chi connectivity index (χ4n) is 6.72. The third kappa shape index (κ3) is 6.33. The molecule has 3 aliphatic heterocycles. The van der Waals surface area contributed by atoms with Gasteiger partial charge < -0.3 is 42.0 Å². The summed E-state index contributed by atoms with van der Waals surface area (Å²) in [4.78, 5) is 39.1. The van der Waals surface area contributed by atoms with Crippen molar-refractivity contribution < 1.29 is 29.7 Å². The average Bonchev–Trinajstić information content (AvgIpc) is 3.57. The first-order valence-electron chi connectivity index (χ1n) is 15.2. The van der Waals surface area contributed by atoms with Crippen LogP contribution in [0.3, 0.4) is 0 Å². The number of hydrogen-bond acceptors (Lipinski definition) is 7. The summed E-state index contributed by atoms with van der Waals surface area (Å²) in [6.07, 6.45) is 7.03. The van der Waals surface area contributed by atoms with Crippen molar-refractivity contribution in [1.82, 2.24) is 20.9 Å². The van der Waals surface area contributed by atoms with E-state index >= 15 is 0 Å². The number of aliphatic hydroxyl groups is 1. The standard InChI is InChI=1S/C33H45N5O6/c1-7-20-18(5)31(43)37-28(20)15-33(34)19(6)23(10-12-30(41)42)27(38-33)14-26-22(9-11-29(39)40)17(4)24(35-26)13-25-16(3)21(8-2)32(44)36-25/h8,14-16,18,20,25,35-36,38,44H,2,7,9-13,34H2,1,3-6H3,(H,37,43)(H,39,40)(H,41,42)/b27-14-,28-15-/t16?,18-,20-,25-,33+/m1/s1. The highest BCUT2D eigenvalue weighted by atomic mass is 16.4. The van der Waals surface area contributed by atoms with E-state index in [9.17, 15) is 29.7 Å². The van der Waals surface area contributed by atoms with Crippen LogP contribution in [0.4, 0.5) is 0 Å². The second kappa shape index (κ2) is 12.8. The first-order valence-corrected chi connectivity index (χ1v) is 15.2. The number of aromatic nitrogens is 1. The molecule has 0 radical (unpaired) electrons. The Morgan fingerprint density at radius 3 is 2.34 bits per heavy atom. The number of hydrogen-bond donors (Lipinski definition) is 8. The number of aliphatic hydroxyl groups excluding tert-OH is 1. The highest BCUT2D eigenvalue weighted by Gasteiger charge is 2.40. The van der Waals surface area contributed by atoms with Crippen LogP contribution < -0.4 is 21.7 Å². The lowest BCUT2D eigenvalue weighted by Crippen LogP contribution is -2.49. The molecular formula is C33H45N5O6. The third-order valence-corrected chi connectivity index (χ3v) is 9.56. The van der Waals surface area contributed by atoms with Gasteiger partial charge in [-0.3, -0.25) is 14.4 Å². The molecule has 1 aromatic rings. The van der Waals surface area contributed by atoms with Gasteiger partial charge >= 0.3 is 11.9 Å². The molecule has 5 atom stereocenters. The molecule has 4 rings (SSSR count). The number of carbonyl (C=O) groups is 3. The van der Waals surface area contributed by atoms with Crippen molar-refractivity contribution in [3.63, 3.8) is 0 Å². The predicted molar refractivity (Wildman–Crippen MR) is 168 cm³/mol. The molecular weight excluding hydrogens is 562 g/mol. The first-order chi connectivity index (χ1) is 20.7. The van der Waals surface area contributed by atoms with E-state index in [0.717, 1.165) is 45.7 Å². The summed E-state index contributed by atoms with van der Waals surface area (Å²) in [7, 11) is 0. The number of carboxylic acid groups (broad SMARTS) is 2. The lowest BCUT2D eigenvalue weighted by atomic mass is 9.89. The molecule has 11 nitrogen and oxygen atoms in total. The number of nitrogens with one attached hydrogen (secondary N) is 4. The van der Waals surface area contributed by atoms with Gasteiger partial charge in [-0.1, -0.05) is 33.4 Å². The zero-order chi connectivity index (χ0) is 32.5. The molecule has 0 saturated carbocycles. The quantitative estimate of drug-likeness (QED) is 0.174. The highest BCUT2D eigenvalue weighted by molar-refractivity contribution is 5.84. The lowest BCUT2D eigenvalue weighted by molar-refractivity contribution is -0.138. The molecule has 1 aromatic heterocycles. The van der Waals surface area contributed by atoms with E-state index in [4.69, 9.17) is 5.73 Å². The molecule has 1 unspecified atom stereocenters. The fourth-order valence-corrected chi connectivity index (χ4v) is 6.72. The monoisotopic (exact) mass is 607 g/mol. The molecule has 1 saturated heterocycles. The van der Waals surface area contributed by atoms with Gasteiger partial charge in [-0.15, -0.1) is 0 Å². The molecule has 238 valence electrons. The van der Waals surface area contributed by atoms with Gasteiger partial charge in [0, 0.05) is 71.4 Å². The minimum atomic E-state index is -1.17. The Morgan fingerprint density at radius 2 is 1.75 bits per heavy atom. The number of nitrogens with two attached hydrogens (primary N) is 1. The van der Waals surface area contributed by atoms with Crippen molar-refractivity contribution in [3.05, 3.63) is 75.2 Å². The van der Waals surface area contributed by atoms with Crippen LogP contribution in [0, 0.1) is 24.7 Å². The molecule has 9 N–H and O–H groups in total. The lowest BCUT2D eigenvalue weighted by Gasteiger charge is -2.26. The molecule has 0 aliphatic carbocycles. The van der Waals surface area contributed by atoms with Crippen molar-refractivity contribution in [2.75, 3.05) is 0 Å². The summed E-state index contributed by atoms with van der Waals surface area (Å²) in [5.74, 6) is -1.97. The van der Waals surface area contributed by atoms with Crippen LogP contribution in [0.5, 0.6) is 0 Å². The molecule has 3 aliphatic rings. The number of amides is 1. The number of aromatic amines is 1. The van der Waals surface area contributed by atoms with Crippen molar-refractivity contribution in [2.24, 2.45) is 23.5 Å². The number of carboxylic acids is 2. The smallest absolute Gasteiger partial charge is 0.303 e. The second-order valence-electron chi connectivity index (χ2n) is 12.2. The van der Waals surface area contributed by atoms with E-state index in [0.29, 0.717) is 24.2 Å². The van der Waals surface area contributed by atoms with Crippen molar-refractivity contribution in [1.29, 1.82) is 0 Å². The van der Waals surface area contributed by atoms with Gasteiger partial charge in [-0.2, -0.15) is 0 Å². The number of aliphatic carboxylic acids is 2. The Kier molecular flexibility index (Phi) is 9.48. The average molecular weight is 608 g/mol. The van der Waals surface area contributed by atoms with Gasteiger partial charge in [0.25, 0.3) is 0 Å². The SMILES string of the molecule is C=CC1=C(O)N[C@H](Cc2[nH]c(/C=C3\N[C@@](N)(/C=C4\NC(=O)[C@H](C)[C@H]4CC)C(C)=C3CCC(=O)O)c(CCC(=O)O)c2C)C1C. The van der Waals surface area contributed by atoms with Crippen molar-refractivity contribution in [3.8, 4) is 0 Å². The second-order valence-corrected chi connectivity index (χ2v) is 12.2. The van der Waals surface area contributed by atoms with E-state index in [1.54, 1.807) is 6.08 Å². The molecule has 0 aromatic carbocycles. The Balaban J connectivity index is 1.76. The van der Waals surface area contributed by atoms with E-state index < -0.39 is 17.6 Å². The Bertz CT molecular complexity index is 1500. The summed E-state index contributed by atoms with van der Waals surface area (Å²) >= 11 is 0. The van der Waals surface area contributed by atoms with E-state index in [1.165, 1.54) is 0 Å². The normalized spacial score (nSPS) is 28.5. The van der Waals surface area contributed by atoms with Gasteiger partial charge in [0.15, 0.2) is 5.88 Å². The van der Waals surface area contributed by atoms with Crippen LogP contribution in [-0.2, 0) is 27.2 Å². The van der Waals surface area contributed by atoms with Gasteiger partial charge in [0.1, 0.15) is 5.66 Å². The largest absolute Gasteiger partial charge is 0.495 e. The van der Waals surface area contributed by atoms with E-state index in [2.05, 4.69) is 27.5 Å². The molecule has 1 amide bonds. The van der Waals surface area contributed by atoms with Gasteiger partial charge in [0.05, 0.1) is 0 Å². The molecule has 1 fully saturated rings. The van der Waals surface area contributed by atoms with Crippen LogP contribution >= 0.6 is 0 Å². The van der Waals surface area contributed by atoms with Crippen molar-refractivity contribution in [2.45, 2.75) is 84.8 Å². The molecule has 0 bridgehead atoms. The minimum absolute atomic E-state index is 0.00798. The van der Waals surface area contributed by atoms with Gasteiger partial charge in [-0.25, -0.2) is 0 Å². The Morgan fingerprint density at radius 1 is 1.09 bits per heavy atom. The topological polar surface area (TPSA) is 190 Å². The number of allylic oxidation sites excluding steroid dienone is 3. The summed E-state index contributed by atoms with van der Waals surface area (Å²) in [6, 6.07) is -0.0927. The third-order valence-electron chi connectivity index (χ3n) is 9.56. The Labute approximate surface area is 258 Å².